The van der Waals surface area contributed by atoms with Gasteiger partial charge in [0.1, 0.15) is 5.78 Å². The second-order valence-electron chi connectivity index (χ2n) is 9.60. The summed E-state index contributed by atoms with van der Waals surface area (Å²) in [6.07, 6.45) is 3.04. The highest BCUT2D eigenvalue weighted by Gasteiger charge is 2.27. The molecule has 0 saturated carbocycles. The number of unbranched alkanes of at least 4 members (excludes halogenated alkanes) is 2. The molecule has 0 bridgehead atoms. The van der Waals surface area contributed by atoms with E-state index in [-0.39, 0.29) is 11.5 Å². The first-order chi connectivity index (χ1) is 15.7. The molecule has 3 aromatic carbocycles. The van der Waals surface area contributed by atoms with Crippen molar-refractivity contribution in [1.82, 2.24) is 0 Å². The van der Waals surface area contributed by atoms with Crippen molar-refractivity contribution in [3.05, 3.63) is 84.4 Å². The van der Waals surface area contributed by atoms with Crippen molar-refractivity contribution >= 4 is 15.6 Å². The summed E-state index contributed by atoms with van der Waals surface area (Å²) in [6, 6.07) is 27.0. The van der Waals surface area contributed by atoms with Gasteiger partial charge in [-0.15, -0.1) is 0 Å². The first-order valence-electron chi connectivity index (χ1n) is 11.6. The molecule has 3 nitrogen and oxygen atoms in total. The third-order valence-electron chi connectivity index (χ3n) is 5.98. The molecule has 33 heavy (non-hydrogen) atoms. The molecule has 0 N–H and O–H groups in total. The molecule has 0 aliphatic rings. The molecule has 0 aliphatic heterocycles. The van der Waals surface area contributed by atoms with Gasteiger partial charge in [-0.1, -0.05) is 85.3 Å². The van der Waals surface area contributed by atoms with Crippen molar-refractivity contribution in [3.63, 3.8) is 0 Å². The summed E-state index contributed by atoms with van der Waals surface area (Å²) in [5.74, 6) is 0.395. The summed E-state index contributed by atoms with van der Waals surface area (Å²) in [7, 11) is -3.08. The van der Waals surface area contributed by atoms with Crippen molar-refractivity contribution in [3.8, 4) is 22.3 Å². The molecule has 0 aromatic heterocycles. The summed E-state index contributed by atoms with van der Waals surface area (Å²) in [6.45, 7) is 5.20. The van der Waals surface area contributed by atoms with Gasteiger partial charge >= 0.3 is 0 Å². The number of benzene rings is 3. The lowest BCUT2D eigenvalue weighted by Crippen LogP contribution is -2.30. The number of hydrogen-bond donors (Lipinski definition) is 0. The average Bonchev–Trinajstić information content (AvgIpc) is 2.79. The highest BCUT2D eigenvalue weighted by Crippen LogP contribution is 2.25. The molecule has 4 heteroatoms. The summed E-state index contributed by atoms with van der Waals surface area (Å²) in [5.41, 5.74) is 5.69. The van der Waals surface area contributed by atoms with Crippen molar-refractivity contribution in [2.24, 2.45) is 0 Å². The van der Waals surface area contributed by atoms with Crippen LogP contribution in [-0.4, -0.2) is 24.7 Å². The lowest BCUT2D eigenvalue weighted by Gasteiger charge is -2.18. The smallest absolute Gasteiger partial charge is 0.155 e. The first-order valence-corrected chi connectivity index (χ1v) is 13.3. The number of sulfone groups is 1. The van der Waals surface area contributed by atoms with Gasteiger partial charge in [0.2, 0.25) is 0 Å². The van der Waals surface area contributed by atoms with Gasteiger partial charge in [0.05, 0.1) is 10.5 Å². The molecule has 0 radical (unpaired) electrons. The van der Waals surface area contributed by atoms with Gasteiger partial charge in [-0.05, 0) is 61.4 Å². The third-order valence-corrected chi connectivity index (χ3v) is 8.67. The molecule has 0 fully saturated rings. The van der Waals surface area contributed by atoms with Crippen LogP contribution >= 0.6 is 0 Å². The number of carbonyl (C=O) groups excluding carboxylic acids is 1. The third kappa shape index (κ3) is 7.13. The Balaban J connectivity index is 1.46. The Labute approximate surface area is 198 Å². The van der Waals surface area contributed by atoms with E-state index in [1.165, 1.54) is 11.1 Å². The van der Waals surface area contributed by atoms with Crippen LogP contribution in [0.1, 0.15) is 52.0 Å². The predicted octanol–water partition coefficient (Wildman–Crippen LogP) is 6.91. The zero-order valence-corrected chi connectivity index (χ0v) is 20.7. The number of rotatable bonds is 10. The maximum atomic E-state index is 12.3. The Kier molecular flexibility index (Phi) is 8.25. The zero-order valence-electron chi connectivity index (χ0n) is 19.9. The van der Waals surface area contributed by atoms with Crippen LogP contribution in [0.15, 0.2) is 78.9 Å². The van der Waals surface area contributed by atoms with Gasteiger partial charge in [-0.2, -0.15) is 0 Å². The summed E-state index contributed by atoms with van der Waals surface area (Å²) in [4.78, 5) is 12.3. The topological polar surface area (TPSA) is 51.2 Å². The van der Waals surface area contributed by atoms with Gasteiger partial charge in [0.25, 0.3) is 0 Å². The zero-order chi connectivity index (χ0) is 23.9. The fraction of sp³-hybridized carbons (Fsp3) is 0.345. The van der Waals surface area contributed by atoms with Crippen LogP contribution in [0.5, 0.6) is 0 Å². The lowest BCUT2D eigenvalue weighted by atomic mass is 9.98. The molecular formula is C29H34O3S. The molecule has 0 amide bonds. The number of hydrogen-bond acceptors (Lipinski definition) is 3. The average molecular weight is 463 g/mol. The fourth-order valence-corrected chi connectivity index (χ4v) is 4.91. The standard InChI is InChI=1S/C29H34O3S/c1-29(2,3)33(31,32)21-9-5-8-12-28(30)22-23-13-15-25(16-14-23)27-19-17-26(18-20-27)24-10-6-4-7-11-24/h4,6-7,10-11,13-20H,5,8-9,12,21-22H2,1-3H3. The van der Waals surface area contributed by atoms with Crippen molar-refractivity contribution in [1.29, 1.82) is 0 Å². The molecule has 174 valence electrons. The van der Waals surface area contributed by atoms with E-state index in [1.54, 1.807) is 20.8 Å². The molecule has 0 spiro atoms. The number of carbonyl (C=O) groups is 1. The normalized spacial score (nSPS) is 12.0. The van der Waals surface area contributed by atoms with E-state index in [1.807, 2.05) is 30.3 Å². The van der Waals surface area contributed by atoms with E-state index in [9.17, 15) is 13.2 Å². The van der Waals surface area contributed by atoms with Crippen molar-refractivity contribution < 1.29 is 13.2 Å². The second kappa shape index (κ2) is 10.9. The minimum absolute atomic E-state index is 0.193. The van der Waals surface area contributed by atoms with E-state index in [4.69, 9.17) is 0 Å². The van der Waals surface area contributed by atoms with Gasteiger partial charge in [-0.25, -0.2) is 8.42 Å². The van der Waals surface area contributed by atoms with Crippen LogP contribution in [0.25, 0.3) is 22.3 Å². The highest BCUT2D eigenvalue weighted by molar-refractivity contribution is 7.92. The molecule has 0 atom stereocenters. The summed E-state index contributed by atoms with van der Waals surface area (Å²) >= 11 is 0. The Morgan fingerprint density at radius 3 is 1.67 bits per heavy atom. The minimum Gasteiger partial charge on any atom is -0.299 e. The van der Waals surface area contributed by atoms with E-state index in [2.05, 4.69) is 48.5 Å². The van der Waals surface area contributed by atoms with Gasteiger partial charge in [-0.3, -0.25) is 4.79 Å². The lowest BCUT2D eigenvalue weighted by molar-refractivity contribution is -0.118. The maximum absolute atomic E-state index is 12.3. The van der Waals surface area contributed by atoms with E-state index in [0.29, 0.717) is 19.3 Å². The van der Waals surface area contributed by atoms with Crippen LogP contribution in [0, 0.1) is 0 Å². The second-order valence-corrected chi connectivity index (χ2v) is 12.5. The van der Waals surface area contributed by atoms with E-state index in [0.717, 1.165) is 29.5 Å². The molecule has 0 heterocycles. The maximum Gasteiger partial charge on any atom is 0.155 e. The van der Waals surface area contributed by atoms with E-state index < -0.39 is 14.6 Å². The molecular weight excluding hydrogens is 428 g/mol. The minimum atomic E-state index is -3.08. The SMILES string of the molecule is CC(C)(C)S(=O)(=O)CCCCCC(=O)Cc1ccc(-c2ccc(-c3ccccc3)cc2)cc1. The molecule has 0 saturated heterocycles. The Morgan fingerprint density at radius 2 is 1.15 bits per heavy atom. The summed E-state index contributed by atoms with van der Waals surface area (Å²) < 4.78 is 23.6. The van der Waals surface area contributed by atoms with Gasteiger partial charge in [0, 0.05) is 12.8 Å². The van der Waals surface area contributed by atoms with E-state index >= 15 is 0 Å². The van der Waals surface area contributed by atoms with Crippen molar-refractivity contribution in [2.75, 3.05) is 5.75 Å². The van der Waals surface area contributed by atoms with Crippen LogP contribution in [0.2, 0.25) is 0 Å². The van der Waals surface area contributed by atoms with Gasteiger partial charge in [0.15, 0.2) is 9.84 Å². The first kappa shape index (κ1) is 24.9. The molecule has 0 unspecified atom stereocenters. The van der Waals surface area contributed by atoms with Gasteiger partial charge < -0.3 is 0 Å². The Morgan fingerprint density at radius 1 is 0.667 bits per heavy atom. The largest absolute Gasteiger partial charge is 0.299 e. The summed E-state index contributed by atoms with van der Waals surface area (Å²) in [5, 5.41) is 0. The fourth-order valence-electron chi connectivity index (χ4n) is 3.71. The molecule has 3 aromatic rings. The number of Topliss-reactive ketones (excluding diaryl/α,β-unsaturated/α-hetero) is 1. The predicted molar refractivity (Wildman–Crippen MR) is 138 cm³/mol. The monoisotopic (exact) mass is 462 g/mol. The highest BCUT2D eigenvalue weighted by atomic mass is 32.2. The van der Waals surface area contributed by atoms with Crippen molar-refractivity contribution in [2.45, 2.75) is 57.6 Å². The number of ketones is 1. The quantitative estimate of drug-likeness (QED) is 0.308. The molecule has 0 aliphatic carbocycles. The molecule has 3 rings (SSSR count). The van der Waals surface area contributed by atoms with Crippen LogP contribution < -0.4 is 0 Å². The Hall–Kier alpha value is -2.72. The van der Waals surface area contributed by atoms with Crippen LogP contribution in [0.3, 0.4) is 0 Å². The van der Waals surface area contributed by atoms with Crippen LogP contribution in [0.4, 0.5) is 0 Å². The van der Waals surface area contributed by atoms with Crippen LogP contribution in [-0.2, 0) is 21.1 Å². The Bertz CT molecular complexity index is 1140.